The van der Waals surface area contributed by atoms with Crippen molar-refractivity contribution in [3.8, 4) is 5.69 Å². The lowest BCUT2D eigenvalue weighted by atomic mass is 10.3. The summed E-state index contributed by atoms with van der Waals surface area (Å²) in [4.78, 5) is 4.24. The average Bonchev–Trinajstić information content (AvgIpc) is 2.78. The first-order valence-corrected chi connectivity index (χ1v) is 5.75. The van der Waals surface area contributed by atoms with E-state index in [1.807, 2.05) is 17.7 Å². The zero-order valence-corrected chi connectivity index (χ0v) is 10.4. The molecule has 0 amide bonds. The number of aromatic nitrogens is 2. The molecule has 0 aliphatic rings. The van der Waals surface area contributed by atoms with Gasteiger partial charge in [0.05, 0.1) is 6.61 Å². The van der Waals surface area contributed by atoms with E-state index in [0.29, 0.717) is 12.6 Å². The van der Waals surface area contributed by atoms with Crippen LogP contribution < -0.4 is 5.32 Å². The summed E-state index contributed by atoms with van der Waals surface area (Å²) in [6.45, 7) is 2.60. The molecule has 0 aliphatic heterocycles. The van der Waals surface area contributed by atoms with Crippen LogP contribution in [0.5, 0.6) is 0 Å². The highest BCUT2D eigenvalue weighted by Crippen LogP contribution is 2.15. The minimum Gasteiger partial charge on any atom is -0.383 e. The van der Waals surface area contributed by atoms with Gasteiger partial charge in [-0.25, -0.2) is 9.37 Å². The monoisotopic (exact) mass is 249 g/mol. The van der Waals surface area contributed by atoms with Crippen molar-refractivity contribution in [2.24, 2.45) is 0 Å². The molecule has 2 rings (SSSR count). The summed E-state index contributed by atoms with van der Waals surface area (Å²) in [7, 11) is 1.66. The standard InChI is InChI=1S/C13H16FN3O/c1-10(9-18-2)16-13-15-7-8-17(13)12-5-3-11(14)4-6-12/h3-8,10H,9H2,1-2H3,(H,15,16). The van der Waals surface area contributed by atoms with Gasteiger partial charge in [-0.3, -0.25) is 4.57 Å². The van der Waals surface area contributed by atoms with Crippen LogP contribution in [0.2, 0.25) is 0 Å². The molecule has 0 bridgehead atoms. The van der Waals surface area contributed by atoms with Crippen molar-refractivity contribution in [3.63, 3.8) is 0 Å². The van der Waals surface area contributed by atoms with Crippen LogP contribution in [0.4, 0.5) is 10.3 Å². The first-order chi connectivity index (χ1) is 8.70. The minimum absolute atomic E-state index is 0.150. The molecule has 0 radical (unpaired) electrons. The smallest absolute Gasteiger partial charge is 0.207 e. The summed E-state index contributed by atoms with van der Waals surface area (Å²) in [5, 5.41) is 3.24. The lowest BCUT2D eigenvalue weighted by molar-refractivity contribution is 0.190. The largest absolute Gasteiger partial charge is 0.383 e. The lowest BCUT2D eigenvalue weighted by Crippen LogP contribution is -2.22. The molecule has 0 fully saturated rings. The fraction of sp³-hybridized carbons (Fsp3) is 0.308. The number of hydrogen-bond donors (Lipinski definition) is 1. The lowest BCUT2D eigenvalue weighted by Gasteiger charge is -2.15. The molecular weight excluding hydrogens is 233 g/mol. The van der Waals surface area contributed by atoms with E-state index in [-0.39, 0.29) is 11.9 Å². The fourth-order valence-corrected chi connectivity index (χ4v) is 1.73. The van der Waals surface area contributed by atoms with Crippen molar-refractivity contribution in [1.29, 1.82) is 0 Å². The number of nitrogens with zero attached hydrogens (tertiary/aromatic N) is 2. The Bertz CT molecular complexity index is 495. The van der Waals surface area contributed by atoms with Crippen LogP contribution >= 0.6 is 0 Å². The molecule has 1 aromatic heterocycles. The molecule has 1 N–H and O–H groups in total. The van der Waals surface area contributed by atoms with Gasteiger partial charge in [-0.2, -0.15) is 0 Å². The molecule has 0 spiro atoms. The van der Waals surface area contributed by atoms with Crippen LogP contribution in [0.15, 0.2) is 36.7 Å². The SMILES string of the molecule is COCC(C)Nc1nccn1-c1ccc(F)cc1. The number of halogens is 1. The number of nitrogens with one attached hydrogen (secondary N) is 1. The third-order valence-corrected chi connectivity index (χ3v) is 2.54. The fourth-order valence-electron chi connectivity index (χ4n) is 1.73. The van der Waals surface area contributed by atoms with E-state index >= 15 is 0 Å². The van der Waals surface area contributed by atoms with Crippen LogP contribution in [0.25, 0.3) is 5.69 Å². The number of benzene rings is 1. The number of hydrogen-bond acceptors (Lipinski definition) is 3. The molecule has 0 saturated carbocycles. The highest BCUT2D eigenvalue weighted by Gasteiger charge is 2.08. The van der Waals surface area contributed by atoms with Crippen molar-refractivity contribution in [2.45, 2.75) is 13.0 Å². The highest BCUT2D eigenvalue weighted by atomic mass is 19.1. The topological polar surface area (TPSA) is 39.1 Å². The van der Waals surface area contributed by atoms with E-state index in [1.165, 1.54) is 12.1 Å². The molecule has 0 saturated heterocycles. The third kappa shape index (κ3) is 2.87. The van der Waals surface area contributed by atoms with Gasteiger partial charge in [-0.15, -0.1) is 0 Å². The van der Waals surface area contributed by atoms with Crippen molar-refractivity contribution in [2.75, 3.05) is 19.0 Å². The van der Waals surface area contributed by atoms with E-state index in [1.54, 1.807) is 25.4 Å². The molecule has 96 valence electrons. The molecule has 5 heteroatoms. The van der Waals surface area contributed by atoms with Gasteiger partial charge < -0.3 is 10.1 Å². The number of ether oxygens (including phenoxy) is 1. The number of anilines is 1. The van der Waals surface area contributed by atoms with Gasteiger partial charge in [0.2, 0.25) is 5.95 Å². The number of imidazole rings is 1. The van der Waals surface area contributed by atoms with Gasteiger partial charge in [0, 0.05) is 31.2 Å². The minimum atomic E-state index is -0.249. The molecule has 1 unspecified atom stereocenters. The van der Waals surface area contributed by atoms with Gasteiger partial charge in [0.15, 0.2) is 0 Å². The van der Waals surface area contributed by atoms with E-state index in [0.717, 1.165) is 5.69 Å². The molecule has 0 aliphatic carbocycles. The average molecular weight is 249 g/mol. The number of rotatable bonds is 5. The molecule has 1 atom stereocenters. The van der Waals surface area contributed by atoms with Crippen molar-refractivity contribution in [1.82, 2.24) is 9.55 Å². The second-order valence-electron chi connectivity index (χ2n) is 4.10. The predicted octanol–water partition coefficient (Wildman–Crippen LogP) is 2.46. The maximum absolute atomic E-state index is 12.9. The molecular formula is C13H16FN3O. The summed E-state index contributed by atoms with van der Waals surface area (Å²) >= 11 is 0. The molecule has 1 aromatic carbocycles. The van der Waals surface area contributed by atoms with Gasteiger partial charge >= 0.3 is 0 Å². The third-order valence-electron chi connectivity index (χ3n) is 2.54. The maximum Gasteiger partial charge on any atom is 0.207 e. The first-order valence-electron chi connectivity index (χ1n) is 5.75. The van der Waals surface area contributed by atoms with Gasteiger partial charge in [0.1, 0.15) is 5.82 Å². The summed E-state index contributed by atoms with van der Waals surface area (Å²) in [5.41, 5.74) is 0.862. The Hall–Kier alpha value is -1.88. The van der Waals surface area contributed by atoms with E-state index in [2.05, 4.69) is 10.3 Å². The first kappa shape index (κ1) is 12.6. The van der Waals surface area contributed by atoms with Crippen molar-refractivity contribution < 1.29 is 9.13 Å². The predicted molar refractivity (Wildman–Crippen MR) is 68.5 cm³/mol. The highest BCUT2D eigenvalue weighted by molar-refractivity contribution is 5.42. The van der Waals surface area contributed by atoms with E-state index < -0.39 is 0 Å². The van der Waals surface area contributed by atoms with Crippen LogP contribution in [-0.4, -0.2) is 29.3 Å². The summed E-state index contributed by atoms with van der Waals surface area (Å²) < 4.78 is 19.8. The summed E-state index contributed by atoms with van der Waals surface area (Å²) in [5.74, 6) is 0.465. The zero-order valence-electron chi connectivity index (χ0n) is 10.4. The summed E-state index contributed by atoms with van der Waals surface area (Å²) in [6.07, 6.45) is 3.53. The second-order valence-corrected chi connectivity index (χ2v) is 4.10. The molecule has 2 aromatic rings. The molecule has 18 heavy (non-hydrogen) atoms. The van der Waals surface area contributed by atoms with Crippen LogP contribution in [0, 0.1) is 5.82 Å². The van der Waals surface area contributed by atoms with Gasteiger partial charge in [0.25, 0.3) is 0 Å². The van der Waals surface area contributed by atoms with Gasteiger partial charge in [-0.1, -0.05) is 0 Å². The molecule has 4 nitrogen and oxygen atoms in total. The number of methoxy groups -OCH3 is 1. The Morgan fingerprint density at radius 2 is 2.11 bits per heavy atom. The zero-order chi connectivity index (χ0) is 13.0. The maximum atomic E-state index is 12.9. The Morgan fingerprint density at radius 3 is 2.78 bits per heavy atom. The van der Waals surface area contributed by atoms with Crippen LogP contribution in [0.3, 0.4) is 0 Å². The van der Waals surface area contributed by atoms with E-state index in [9.17, 15) is 4.39 Å². The Labute approximate surface area is 105 Å². The van der Waals surface area contributed by atoms with E-state index in [4.69, 9.17) is 4.74 Å². The Balaban J connectivity index is 2.19. The Morgan fingerprint density at radius 1 is 1.39 bits per heavy atom. The van der Waals surface area contributed by atoms with Crippen LogP contribution in [0.1, 0.15) is 6.92 Å². The quantitative estimate of drug-likeness (QED) is 0.884. The summed E-state index contributed by atoms with van der Waals surface area (Å²) in [6, 6.07) is 6.43. The van der Waals surface area contributed by atoms with Crippen molar-refractivity contribution >= 4 is 5.95 Å². The Kier molecular flexibility index (Phi) is 3.94. The normalized spacial score (nSPS) is 12.4. The second kappa shape index (κ2) is 5.64. The van der Waals surface area contributed by atoms with Crippen LogP contribution in [-0.2, 0) is 4.74 Å². The molecule has 1 heterocycles. The van der Waals surface area contributed by atoms with Gasteiger partial charge in [-0.05, 0) is 31.2 Å². The van der Waals surface area contributed by atoms with Crippen molar-refractivity contribution in [3.05, 3.63) is 42.5 Å².